The van der Waals surface area contributed by atoms with Gasteiger partial charge in [-0.15, -0.1) is 0 Å². The molecule has 0 fully saturated rings. The lowest BCUT2D eigenvalue weighted by Gasteiger charge is -1.97. The zero-order valence-electron chi connectivity index (χ0n) is 8.44. The van der Waals surface area contributed by atoms with Crippen molar-refractivity contribution in [3.63, 3.8) is 0 Å². The second kappa shape index (κ2) is 3.38. The number of rotatable bonds is 2. The number of nitrogens with zero attached hydrogens (tertiary/aromatic N) is 3. The van der Waals surface area contributed by atoms with Crippen LogP contribution in [0, 0.1) is 0 Å². The summed E-state index contributed by atoms with van der Waals surface area (Å²) in [6, 6.07) is 2.00. The molecule has 2 aromatic rings. The van der Waals surface area contributed by atoms with Crippen molar-refractivity contribution in [2.45, 2.75) is 26.3 Å². The Bertz CT molecular complexity index is 444. The molecule has 2 aromatic heterocycles. The second-order valence-electron chi connectivity index (χ2n) is 3.69. The zero-order chi connectivity index (χ0) is 10.1. The van der Waals surface area contributed by atoms with Gasteiger partial charge in [0.2, 0.25) is 0 Å². The van der Waals surface area contributed by atoms with E-state index in [0.29, 0.717) is 12.5 Å². The highest BCUT2D eigenvalue weighted by atomic mass is 15.2. The predicted molar refractivity (Wildman–Crippen MR) is 55.0 cm³/mol. The third-order valence-electron chi connectivity index (χ3n) is 2.21. The molecule has 0 saturated heterocycles. The van der Waals surface area contributed by atoms with Gasteiger partial charge in [-0.25, -0.2) is 9.50 Å². The summed E-state index contributed by atoms with van der Waals surface area (Å²) in [6.07, 6.45) is 3.72. The van der Waals surface area contributed by atoms with E-state index in [0.717, 1.165) is 16.9 Å². The highest BCUT2D eigenvalue weighted by Gasteiger charge is 2.06. The van der Waals surface area contributed by atoms with E-state index in [1.807, 2.05) is 12.3 Å². The highest BCUT2D eigenvalue weighted by molar-refractivity contribution is 5.40. The van der Waals surface area contributed by atoms with Crippen molar-refractivity contribution in [3.05, 3.63) is 29.7 Å². The van der Waals surface area contributed by atoms with Crippen molar-refractivity contribution in [3.8, 4) is 0 Å². The number of nitrogens with two attached hydrogens (primary N) is 1. The molecule has 4 nitrogen and oxygen atoms in total. The Morgan fingerprint density at radius 1 is 1.50 bits per heavy atom. The molecule has 0 aliphatic carbocycles. The molecule has 0 saturated carbocycles. The third-order valence-corrected chi connectivity index (χ3v) is 2.21. The lowest BCUT2D eigenvalue weighted by molar-refractivity contribution is 0.782. The first-order valence-corrected chi connectivity index (χ1v) is 4.75. The van der Waals surface area contributed by atoms with E-state index in [2.05, 4.69) is 23.9 Å². The van der Waals surface area contributed by atoms with Crippen LogP contribution in [0.15, 0.2) is 18.5 Å². The first kappa shape index (κ1) is 9.15. The molecular weight excluding hydrogens is 176 g/mol. The van der Waals surface area contributed by atoms with Crippen LogP contribution in [-0.4, -0.2) is 14.6 Å². The molecule has 0 aromatic carbocycles. The smallest absolute Gasteiger partial charge is 0.155 e. The van der Waals surface area contributed by atoms with Crippen molar-refractivity contribution in [1.29, 1.82) is 0 Å². The number of hydrogen-bond acceptors (Lipinski definition) is 3. The van der Waals surface area contributed by atoms with Gasteiger partial charge >= 0.3 is 0 Å². The van der Waals surface area contributed by atoms with Gasteiger partial charge in [0.15, 0.2) is 5.65 Å². The maximum atomic E-state index is 5.53. The van der Waals surface area contributed by atoms with Crippen LogP contribution in [0.4, 0.5) is 0 Å². The Morgan fingerprint density at radius 2 is 2.29 bits per heavy atom. The average molecular weight is 190 g/mol. The van der Waals surface area contributed by atoms with Gasteiger partial charge in [-0.1, -0.05) is 13.8 Å². The molecule has 0 aliphatic heterocycles. The summed E-state index contributed by atoms with van der Waals surface area (Å²) in [5.74, 6) is 0.429. The van der Waals surface area contributed by atoms with Crippen LogP contribution in [0.3, 0.4) is 0 Å². The Balaban J connectivity index is 2.54. The molecule has 0 bridgehead atoms. The summed E-state index contributed by atoms with van der Waals surface area (Å²) in [5, 5.41) is 4.42. The van der Waals surface area contributed by atoms with Crippen molar-refractivity contribution in [1.82, 2.24) is 14.6 Å². The third kappa shape index (κ3) is 1.48. The van der Waals surface area contributed by atoms with Crippen LogP contribution in [0.25, 0.3) is 5.65 Å². The summed E-state index contributed by atoms with van der Waals surface area (Å²) in [6.45, 7) is 4.73. The van der Waals surface area contributed by atoms with Crippen LogP contribution < -0.4 is 5.73 Å². The molecule has 2 rings (SSSR count). The normalized spacial score (nSPS) is 11.4. The summed E-state index contributed by atoms with van der Waals surface area (Å²) in [5.41, 5.74) is 8.46. The van der Waals surface area contributed by atoms with Crippen LogP contribution in [0.2, 0.25) is 0 Å². The highest BCUT2D eigenvalue weighted by Crippen LogP contribution is 2.13. The minimum Gasteiger partial charge on any atom is -0.326 e. The average Bonchev–Trinajstić information content (AvgIpc) is 2.59. The molecule has 74 valence electrons. The minimum absolute atomic E-state index is 0.429. The van der Waals surface area contributed by atoms with Crippen LogP contribution in [-0.2, 0) is 6.54 Å². The molecule has 14 heavy (non-hydrogen) atoms. The molecule has 0 atom stereocenters. The fourth-order valence-corrected chi connectivity index (χ4v) is 1.32. The molecule has 0 unspecified atom stereocenters. The number of hydrogen-bond donors (Lipinski definition) is 1. The Hall–Kier alpha value is -1.42. The Labute approximate surface area is 82.8 Å². The summed E-state index contributed by atoms with van der Waals surface area (Å²) < 4.78 is 1.79. The van der Waals surface area contributed by atoms with Crippen molar-refractivity contribution < 1.29 is 0 Å². The van der Waals surface area contributed by atoms with Gasteiger partial charge in [-0.05, 0) is 5.92 Å². The molecule has 0 aliphatic rings. The summed E-state index contributed by atoms with van der Waals surface area (Å²) in [4.78, 5) is 4.28. The van der Waals surface area contributed by atoms with Gasteiger partial charge < -0.3 is 5.73 Å². The fourth-order valence-electron chi connectivity index (χ4n) is 1.32. The quantitative estimate of drug-likeness (QED) is 0.776. The Kier molecular flexibility index (Phi) is 2.21. The standard InChI is InChI=1S/C10H14N4/c1-7(2)9-3-10-12-5-8(4-11)6-14(10)13-9/h3,5-7H,4,11H2,1-2H3. The molecule has 2 heterocycles. The van der Waals surface area contributed by atoms with Crippen molar-refractivity contribution in [2.24, 2.45) is 5.73 Å². The second-order valence-corrected chi connectivity index (χ2v) is 3.69. The van der Waals surface area contributed by atoms with Gasteiger partial charge in [-0.3, -0.25) is 0 Å². The van der Waals surface area contributed by atoms with Gasteiger partial charge in [0.05, 0.1) is 5.69 Å². The van der Waals surface area contributed by atoms with Gasteiger partial charge in [0.25, 0.3) is 0 Å². The largest absolute Gasteiger partial charge is 0.326 e. The summed E-state index contributed by atoms with van der Waals surface area (Å²) >= 11 is 0. The van der Waals surface area contributed by atoms with Crippen LogP contribution in [0.5, 0.6) is 0 Å². The van der Waals surface area contributed by atoms with E-state index in [-0.39, 0.29) is 0 Å². The lowest BCUT2D eigenvalue weighted by Crippen LogP contribution is -2.00. The van der Waals surface area contributed by atoms with E-state index >= 15 is 0 Å². The number of aromatic nitrogens is 3. The van der Waals surface area contributed by atoms with E-state index in [4.69, 9.17) is 5.73 Å². The van der Waals surface area contributed by atoms with E-state index < -0.39 is 0 Å². The van der Waals surface area contributed by atoms with Gasteiger partial charge in [0.1, 0.15) is 0 Å². The van der Waals surface area contributed by atoms with E-state index in [1.54, 1.807) is 10.7 Å². The minimum atomic E-state index is 0.429. The molecule has 2 N–H and O–H groups in total. The van der Waals surface area contributed by atoms with Crippen molar-refractivity contribution >= 4 is 5.65 Å². The fraction of sp³-hybridized carbons (Fsp3) is 0.400. The SMILES string of the molecule is CC(C)c1cc2ncc(CN)cn2n1. The molecule has 0 amide bonds. The van der Waals surface area contributed by atoms with Gasteiger partial charge in [-0.2, -0.15) is 5.10 Å². The van der Waals surface area contributed by atoms with Crippen LogP contribution >= 0.6 is 0 Å². The molecule has 0 spiro atoms. The number of fused-ring (bicyclic) bond motifs is 1. The predicted octanol–water partition coefficient (Wildman–Crippen LogP) is 1.31. The van der Waals surface area contributed by atoms with E-state index in [9.17, 15) is 0 Å². The molecule has 0 radical (unpaired) electrons. The van der Waals surface area contributed by atoms with Gasteiger partial charge in [0, 0.05) is 30.6 Å². The molecule has 4 heteroatoms. The molecular formula is C10H14N4. The van der Waals surface area contributed by atoms with Crippen molar-refractivity contribution in [2.75, 3.05) is 0 Å². The topological polar surface area (TPSA) is 56.2 Å². The Morgan fingerprint density at radius 3 is 2.93 bits per heavy atom. The first-order chi connectivity index (χ1) is 6.70. The van der Waals surface area contributed by atoms with Crippen LogP contribution in [0.1, 0.15) is 31.0 Å². The summed E-state index contributed by atoms with van der Waals surface area (Å²) in [7, 11) is 0. The van der Waals surface area contributed by atoms with E-state index in [1.165, 1.54) is 0 Å². The zero-order valence-corrected chi connectivity index (χ0v) is 8.44. The maximum Gasteiger partial charge on any atom is 0.155 e. The maximum absolute atomic E-state index is 5.53. The first-order valence-electron chi connectivity index (χ1n) is 4.75. The lowest BCUT2D eigenvalue weighted by atomic mass is 10.1. The monoisotopic (exact) mass is 190 g/mol.